The number of hydrogen-bond acceptors (Lipinski definition) is 2. The normalized spacial score (nSPS) is 10.9. The molecule has 1 aromatic heterocycles. The van der Waals surface area contributed by atoms with Crippen molar-refractivity contribution in [3.05, 3.63) is 40.7 Å². The van der Waals surface area contributed by atoms with E-state index in [9.17, 15) is 4.79 Å². The second-order valence-electron chi connectivity index (χ2n) is 4.04. The van der Waals surface area contributed by atoms with E-state index in [0.717, 1.165) is 5.56 Å². The number of hydrogen-bond donors (Lipinski definition) is 2. The Balaban J connectivity index is 2.60. The second kappa shape index (κ2) is 3.89. The molecule has 0 spiro atoms. The molecule has 0 fully saturated rings. The third-order valence-electron chi connectivity index (χ3n) is 2.53. The zero-order valence-electron chi connectivity index (χ0n) is 9.40. The molecule has 0 unspecified atom stereocenters. The number of nitrogen functional groups attached to an aromatic ring is 1. The Morgan fingerprint density at radius 3 is 2.38 bits per heavy atom. The Morgan fingerprint density at radius 1 is 1.25 bits per heavy atom. The molecule has 2 aromatic rings. The molecule has 0 radical (unpaired) electrons. The summed E-state index contributed by atoms with van der Waals surface area (Å²) in [6.07, 6.45) is 0. The lowest BCUT2D eigenvalue weighted by Crippen LogP contribution is -2.20. The maximum absolute atomic E-state index is 11.8. The maximum Gasteiger partial charge on any atom is 0.290 e. The minimum absolute atomic E-state index is 0.0762. The minimum atomic E-state index is -0.158. The third-order valence-corrected chi connectivity index (χ3v) is 2.53. The Hall–Kier alpha value is -1.97. The summed E-state index contributed by atoms with van der Waals surface area (Å²) >= 11 is 0. The van der Waals surface area contributed by atoms with Crippen LogP contribution in [0.3, 0.4) is 0 Å². The number of benzene rings is 1. The molecule has 0 bridgehead atoms. The van der Waals surface area contributed by atoms with Crippen molar-refractivity contribution in [2.75, 3.05) is 5.73 Å². The van der Waals surface area contributed by atoms with Gasteiger partial charge < -0.3 is 5.73 Å². The van der Waals surface area contributed by atoms with Gasteiger partial charge in [-0.05, 0) is 13.8 Å². The van der Waals surface area contributed by atoms with Crippen LogP contribution < -0.4 is 11.3 Å². The first-order chi connectivity index (χ1) is 7.61. The molecule has 0 aliphatic carbocycles. The van der Waals surface area contributed by atoms with E-state index in [0.29, 0.717) is 5.69 Å². The van der Waals surface area contributed by atoms with Gasteiger partial charge in [-0.2, -0.15) is 0 Å². The van der Waals surface area contributed by atoms with Gasteiger partial charge in [0.1, 0.15) is 5.69 Å². The molecule has 1 heterocycles. The third kappa shape index (κ3) is 1.62. The molecule has 0 atom stereocenters. The van der Waals surface area contributed by atoms with Gasteiger partial charge in [-0.25, -0.2) is 4.68 Å². The standard InChI is InChI=1S/C12H15N3O/c1-8(2)15-12(16)10(13)11(14-15)9-6-4-3-5-7-9/h3-8,14H,13H2,1-2H3. The monoisotopic (exact) mass is 217 g/mol. The Bertz CT molecular complexity index is 537. The highest BCUT2D eigenvalue weighted by atomic mass is 16.1. The second-order valence-corrected chi connectivity index (χ2v) is 4.04. The molecular formula is C12H15N3O. The van der Waals surface area contributed by atoms with E-state index in [-0.39, 0.29) is 17.3 Å². The molecule has 0 saturated heterocycles. The number of nitrogens with two attached hydrogens (primary N) is 1. The summed E-state index contributed by atoms with van der Waals surface area (Å²) < 4.78 is 1.54. The molecule has 3 N–H and O–H groups in total. The van der Waals surface area contributed by atoms with E-state index in [1.807, 2.05) is 44.2 Å². The molecule has 4 heteroatoms. The van der Waals surface area contributed by atoms with Crippen LogP contribution in [0.5, 0.6) is 0 Å². The van der Waals surface area contributed by atoms with Crippen molar-refractivity contribution in [1.29, 1.82) is 0 Å². The summed E-state index contributed by atoms with van der Waals surface area (Å²) in [7, 11) is 0. The number of aromatic amines is 1. The molecule has 0 saturated carbocycles. The molecule has 0 aliphatic rings. The zero-order chi connectivity index (χ0) is 11.7. The molecule has 16 heavy (non-hydrogen) atoms. The quantitative estimate of drug-likeness (QED) is 0.808. The number of nitrogens with zero attached hydrogens (tertiary/aromatic N) is 1. The van der Waals surface area contributed by atoms with E-state index in [1.54, 1.807) is 0 Å². The Morgan fingerprint density at radius 2 is 1.88 bits per heavy atom. The van der Waals surface area contributed by atoms with E-state index in [4.69, 9.17) is 5.73 Å². The average molecular weight is 217 g/mol. The predicted molar refractivity (Wildman–Crippen MR) is 65.3 cm³/mol. The summed E-state index contributed by atoms with van der Waals surface area (Å²) in [5.41, 5.74) is 7.55. The first-order valence-corrected chi connectivity index (χ1v) is 5.26. The van der Waals surface area contributed by atoms with Gasteiger partial charge in [-0.15, -0.1) is 0 Å². The van der Waals surface area contributed by atoms with E-state index >= 15 is 0 Å². The first-order valence-electron chi connectivity index (χ1n) is 5.26. The summed E-state index contributed by atoms with van der Waals surface area (Å²) in [6, 6.07) is 9.68. The van der Waals surface area contributed by atoms with Crippen LogP contribution in [0, 0.1) is 0 Å². The SMILES string of the molecule is CC(C)n1[nH]c(-c2ccccc2)c(N)c1=O. The van der Waals surface area contributed by atoms with Crippen molar-refractivity contribution in [3.8, 4) is 11.3 Å². The van der Waals surface area contributed by atoms with Gasteiger partial charge in [0.05, 0.1) is 5.69 Å². The smallest absolute Gasteiger partial charge is 0.290 e. The fraction of sp³-hybridized carbons (Fsp3) is 0.250. The van der Waals surface area contributed by atoms with E-state index in [2.05, 4.69) is 5.10 Å². The number of nitrogens with one attached hydrogen (secondary N) is 1. The first kappa shape index (κ1) is 10.5. The molecule has 0 aliphatic heterocycles. The summed E-state index contributed by atoms with van der Waals surface area (Å²) in [5, 5.41) is 3.04. The molecule has 2 rings (SSSR count). The lowest BCUT2D eigenvalue weighted by Gasteiger charge is -2.04. The van der Waals surface area contributed by atoms with Crippen LogP contribution in [0.1, 0.15) is 19.9 Å². The average Bonchev–Trinajstić information content (AvgIpc) is 2.58. The highest BCUT2D eigenvalue weighted by Gasteiger charge is 2.13. The van der Waals surface area contributed by atoms with Crippen LogP contribution in [0.2, 0.25) is 0 Å². The van der Waals surface area contributed by atoms with Crippen LogP contribution in [0.25, 0.3) is 11.3 Å². The number of aromatic nitrogens is 2. The Labute approximate surface area is 93.7 Å². The van der Waals surface area contributed by atoms with Crippen LogP contribution in [0.15, 0.2) is 35.1 Å². The molecule has 0 amide bonds. The van der Waals surface area contributed by atoms with Gasteiger partial charge in [-0.3, -0.25) is 9.89 Å². The van der Waals surface area contributed by atoms with E-state index in [1.165, 1.54) is 4.68 Å². The van der Waals surface area contributed by atoms with Crippen molar-refractivity contribution in [2.24, 2.45) is 0 Å². The molecule has 1 aromatic carbocycles. The van der Waals surface area contributed by atoms with Crippen molar-refractivity contribution in [2.45, 2.75) is 19.9 Å². The lowest BCUT2D eigenvalue weighted by atomic mass is 10.1. The van der Waals surface area contributed by atoms with Gasteiger partial charge >= 0.3 is 0 Å². The number of H-pyrrole nitrogens is 1. The number of rotatable bonds is 2. The van der Waals surface area contributed by atoms with Crippen LogP contribution in [-0.4, -0.2) is 9.78 Å². The van der Waals surface area contributed by atoms with Crippen molar-refractivity contribution in [3.63, 3.8) is 0 Å². The fourth-order valence-corrected chi connectivity index (χ4v) is 1.66. The van der Waals surface area contributed by atoms with Crippen LogP contribution >= 0.6 is 0 Å². The minimum Gasteiger partial charge on any atom is -0.392 e. The highest BCUT2D eigenvalue weighted by molar-refractivity contribution is 5.71. The largest absolute Gasteiger partial charge is 0.392 e. The van der Waals surface area contributed by atoms with Crippen LogP contribution in [-0.2, 0) is 0 Å². The summed E-state index contributed by atoms with van der Waals surface area (Å²) in [5.74, 6) is 0. The van der Waals surface area contributed by atoms with Gasteiger partial charge in [0.2, 0.25) is 0 Å². The summed E-state index contributed by atoms with van der Waals surface area (Å²) in [6.45, 7) is 3.87. The van der Waals surface area contributed by atoms with Gasteiger partial charge in [-0.1, -0.05) is 30.3 Å². The fourth-order valence-electron chi connectivity index (χ4n) is 1.66. The summed E-state index contributed by atoms with van der Waals surface area (Å²) in [4.78, 5) is 11.8. The van der Waals surface area contributed by atoms with Crippen molar-refractivity contribution in [1.82, 2.24) is 9.78 Å². The molecular weight excluding hydrogens is 202 g/mol. The van der Waals surface area contributed by atoms with Crippen molar-refractivity contribution < 1.29 is 0 Å². The predicted octanol–water partition coefficient (Wildman–Crippen LogP) is 2.01. The topological polar surface area (TPSA) is 63.8 Å². The highest BCUT2D eigenvalue weighted by Crippen LogP contribution is 2.21. The number of anilines is 1. The Kier molecular flexibility index (Phi) is 2.56. The molecule has 84 valence electrons. The van der Waals surface area contributed by atoms with E-state index < -0.39 is 0 Å². The molecule has 4 nitrogen and oxygen atoms in total. The van der Waals surface area contributed by atoms with Gasteiger partial charge in [0.15, 0.2) is 0 Å². The van der Waals surface area contributed by atoms with Gasteiger partial charge in [0.25, 0.3) is 5.56 Å². The van der Waals surface area contributed by atoms with Crippen molar-refractivity contribution >= 4 is 5.69 Å². The van der Waals surface area contributed by atoms with Gasteiger partial charge in [0, 0.05) is 11.6 Å². The zero-order valence-corrected chi connectivity index (χ0v) is 9.40. The maximum atomic E-state index is 11.8. The van der Waals surface area contributed by atoms with Crippen LogP contribution in [0.4, 0.5) is 5.69 Å². The lowest BCUT2D eigenvalue weighted by molar-refractivity contribution is 0.519.